The fraction of sp³-hybridized carbons (Fsp3) is 0.400. The summed E-state index contributed by atoms with van der Waals surface area (Å²) in [6.45, 7) is 2.05. The Labute approximate surface area is 158 Å². The monoisotopic (exact) mass is 371 g/mol. The van der Waals surface area contributed by atoms with Crippen LogP contribution in [0.2, 0.25) is 0 Å². The van der Waals surface area contributed by atoms with Gasteiger partial charge in [0.25, 0.3) is 11.8 Å². The van der Waals surface area contributed by atoms with Crippen molar-refractivity contribution in [2.75, 3.05) is 26.3 Å². The van der Waals surface area contributed by atoms with Crippen LogP contribution in [0.1, 0.15) is 33.7 Å². The second-order valence-corrected chi connectivity index (χ2v) is 6.49. The lowest BCUT2D eigenvalue weighted by molar-refractivity contribution is 0.0679. The van der Waals surface area contributed by atoms with E-state index in [1.165, 1.54) is 0 Å². The van der Waals surface area contributed by atoms with Gasteiger partial charge < -0.3 is 24.7 Å². The first-order valence-corrected chi connectivity index (χ1v) is 9.15. The second-order valence-electron chi connectivity index (χ2n) is 6.49. The highest BCUT2D eigenvalue weighted by atomic mass is 16.5. The molecule has 2 amide bonds. The molecule has 0 aliphatic carbocycles. The number of nitrogens with one attached hydrogen (secondary N) is 2. The van der Waals surface area contributed by atoms with Crippen molar-refractivity contribution in [1.29, 1.82) is 0 Å². The SMILES string of the molecule is Cn1cccc1C(=O)NCCNC(=O)c1ccc(OC[C@@H]2CCCO2)cc1. The summed E-state index contributed by atoms with van der Waals surface area (Å²) in [5.41, 5.74) is 1.13. The molecule has 0 spiro atoms. The van der Waals surface area contributed by atoms with E-state index in [4.69, 9.17) is 9.47 Å². The van der Waals surface area contributed by atoms with Crippen molar-refractivity contribution in [3.8, 4) is 5.75 Å². The van der Waals surface area contributed by atoms with Crippen LogP contribution in [0, 0.1) is 0 Å². The fourth-order valence-corrected chi connectivity index (χ4v) is 2.91. The lowest BCUT2D eigenvalue weighted by Gasteiger charge is -2.12. The predicted octanol–water partition coefficient (Wildman–Crippen LogP) is 1.74. The summed E-state index contributed by atoms with van der Waals surface area (Å²) in [5, 5.41) is 5.57. The number of aromatic nitrogens is 1. The van der Waals surface area contributed by atoms with E-state index in [0.717, 1.165) is 25.2 Å². The summed E-state index contributed by atoms with van der Waals surface area (Å²) >= 11 is 0. The number of carbonyl (C=O) groups is 2. The standard InChI is InChI=1S/C20H25N3O4/c1-23-12-2-5-18(23)20(25)22-11-10-21-19(24)15-6-8-16(9-7-15)27-14-17-4-3-13-26-17/h2,5-9,12,17H,3-4,10-11,13-14H2,1H3,(H,21,24)(H,22,25)/t17-/m0/s1. The van der Waals surface area contributed by atoms with Gasteiger partial charge in [0.05, 0.1) is 6.10 Å². The van der Waals surface area contributed by atoms with Crippen molar-refractivity contribution < 1.29 is 19.1 Å². The molecule has 7 nitrogen and oxygen atoms in total. The minimum Gasteiger partial charge on any atom is -0.491 e. The molecule has 2 N–H and O–H groups in total. The summed E-state index contributed by atoms with van der Waals surface area (Å²) in [4.78, 5) is 24.1. The molecule has 1 aromatic carbocycles. The van der Waals surface area contributed by atoms with Gasteiger partial charge in [0.2, 0.25) is 0 Å². The molecule has 1 aliphatic rings. The number of nitrogens with zero attached hydrogens (tertiary/aromatic N) is 1. The van der Waals surface area contributed by atoms with Crippen molar-refractivity contribution in [3.05, 3.63) is 53.9 Å². The summed E-state index contributed by atoms with van der Waals surface area (Å²) in [7, 11) is 1.81. The van der Waals surface area contributed by atoms with Crippen LogP contribution < -0.4 is 15.4 Å². The van der Waals surface area contributed by atoms with Crippen LogP contribution in [0.3, 0.4) is 0 Å². The highest BCUT2D eigenvalue weighted by molar-refractivity contribution is 5.94. The molecule has 0 radical (unpaired) electrons. The van der Waals surface area contributed by atoms with E-state index in [9.17, 15) is 9.59 Å². The molecule has 1 aromatic heterocycles. The molecule has 2 aromatic rings. The van der Waals surface area contributed by atoms with Crippen molar-refractivity contribution in [3.63, 3.8) is 0 Å². The Balaban J connectivity index is 1.37. The van der Waals surface area contributed by atoms with Gasteiger partial charge in [0, 0.05) is 38.5 Å². The Kier molecular flexibility index (Phi) is 6.49. The van der Waals surface area contributed by atoms with Crippen LogP contribution in [0.5, 0.6) is 5.75 Å². The largest absolute Gasteiger partial charge is 0.491 e. The third-order valence-electron chi connectivity index (χ3n) is 4.45. The zero-order valence-corrected chi connectivity index (χ0v) is 15.4. The maximum absolute atomic E-state index is 12.2. The Morgan fingerprint density at radius 1 is 1.15 bits per heavy atom. The van der Waals surface area contributed by atoms with E-state index in [2.05, 4.69) is 10.6 Å². The Hall–Kier alpha value is -2.80. The van der Waals surface area contributed by atoms with Crippen molar-refractivity contribution in [2.24, 2.45) is 7.05 Å². The molecule has 1 saturated heterocycles. The summed E-state index contributed by atoms with van der Waals surface area (Å²) in [6.07, 6.45) is 4.09. The number of benzene rings is 1. The van der Waals surface area contributed by atoms with Gasteiger partial charge in [-0.15, -0.1) is 0 Å². The van der Waals surface area contributed by atoms with Gasteiger partial charge in [-0.1, -0.05) is 0 Å². The first-order valence-electron chi connectivity index (χ1n) is 9.15. The molecule has 1 aliphatic heterocycles. The molecular weight excluding hydrogens is 346 g/mol. The van der Waals surface area contributed by atoms with Gasteiger partial charge in [0.15, 0.2) is 0 Å². The maximum atomic E-state index is 12.2. The second kappa shape index (κ2) is 9.23. The normalized spacial score (nSPS) is 16.1. The van der Waals surface area contributed by atoms with Crippen LogP contribution in [0.4, 0.5) is 0 Å². The molecule has 2 heterocycles. The number of carbonyl (C=O) groups excluding carboxylic acids is 2. The predicted molar refractivity (Wildman–Crippen MR) is 101 cm³/mol. The highest BCUT2D eigenvalue weighted by Gasteiger charge is 2.16. The number of hydrogen-bond acceptors (Lipinski definition) is 4. The molecule has 1 fully saturated rings. The van der Waals surface area contributed by atoms with E-state index in [-0.39, 0.29) is 17.9 Å². The van der Waals surface area contributed by atoms with Gasteiger partial charge in [-0.2, -0.15) is 0 Å². The van der Waals surface area contributed by atoms with Crippen LogP contribution >= 0.6 is 0 Å². The van der Waals surface area contributed by atoms with Crippen LogP contribution in [0.25, 0.3) is 0 Å². The molecule has 1 atom stereocenters. The van der Waals surface area contributed by atoms with E-state index in [1.54, 1.807) is 34.9 Å². The van der Waals surface area contributed by atoms with E-state index in [1.807, 2.05) is 19.3 Å². The van der Waals surface area contributed by atoms with Crippen LogP contribution in [0.15, 0.2) is 42.6 Å². The summed E-state index contributed by atoms with van der Waals surface area (Å²) < 4.78 is 13.0. The summed E-state index contributed by atoms with van der Waals surface area (Å²) in [6, 6.07) is 10.6. The highest BCUT2D eigenvalue weighted by Crippen LogP contribution is 2.16. The first kappa shape index (κ1) is 19.0. The number of ether oxygens (including phenoxy) is 2. The van der Waals surface area contributed by atoms with Crippen molar-refractivity contribution >= 4 is 11.8 Å². The molecular formula is C20H25N3O4. The Morgan fingerprint density at radius 2 is 1.89 bits per heavy atom. The zero-order chi connectivity index (χ0) is 19.1. The molecule has 7 heteroatoms. The minimum atomic E-state index is -0.186. The summed E-state index contributed by atoms with van der Waals surface area (Å²) in [5.74, 6) is 0.371. The maximum Gasteiger partial charge on any atom is 0.267 e. The number of aryl methyl sites for hydroxylation is 1. The van der Waals surface area contributed by atoms with Crippen molar-refractivity contribution in [2.45, 2.75) is 18.9 Å². The zero-order valence-electron chi connectivity index (χ0n) is 15.4. The average molecular weight is 371 g/mol. The number of hydrogen-bond donors (Lipinski definition) is 2. The molecule has 144 valence electrons. The fourth-order valence-electron chi connectivity index (χ4n) is 2.91. The third-order valence-corrected chi connectivity index (χ3v) is 4.45. The molecule has 3 rings (SSSR count). The quantitative estimate of drug-likeness (QED) is 0.693. The minimum absolute atomic E-state index is 0.163. The molecule has 0 bridgehead atoms. The topological polar surface area (TPSA) is 81.6 Å². The lowest BCUT2D eigenvalue weighted by Crippen LogP contribution is -2.35. The van der Waals surface area contributed by atoms with Gasteiger partial charge in [-0.25, -0.2) is 0 Å². The molecule has 27 heavy (non-hydrogen) atoms. The number of rotatable bonds is 8. The molecule has 0 unspecified atom stereocenters. The van der Waals surface area contributed by atoms with Gasteiger partial charge in [-0.05, 0) is 49.2 Å². The van der Waals surface area contributed by atoms with E-state index in [0.29, 0.717) is 31.0 Å². The average Bonchev–Trinajstić information content (AvgIpc) is 3.35. The van der Waals surface area contributed by atoms with Crippen LogP contribution in [-0.4, -0.2) is 48.8 Å². The van der Waals surface area contributed by atoms with E-state index < -0.39 is 0 Å². The van der Waals surface area contributed by atoms with E-state index >= 15 is 0 Å². The Morgan fingerprint density at radius 3 is 2.52 bits per heavy atom. The lowest BCUT2D eigenvalue weighted by atomic mass is 10.2. The smallest absolute Gasteiger partial charge is 0.267 e. The van der Waals surface area contributed by atoms with Crippen LogP contribution in [-0.2, 0) is 11.8 Å². The Bertz CT molecular complexity index is 764. The third kappa shape index (κ3) is 5.34. The van der Waals surface area contributed by atoms with Gasteiger partial charge >= 0.3 is 0 Å². The first-order chi connectivity index (χ1) is 13.1. The molecule has 0 saturated carbocycles. The van der Waals surface area contributed by atoms with Gasteiger partial charge in [0.1, 0.15) is 18.1 Å². The number of amides is 2. The van der Waals surface area contributed by atoms with Gasteiger partial charge in [-0.3, -0.25) is 9.59 Å². The van der Waals surface area contributed by atoms with Crippen molar-refractivity contribution in [1.82, 2.24) is 15.2 Å².